The Morgan fingerprint density at radius 2 is 1.88 bits per heavy atom. The zero-order valence-corrected chi connectivity index (χ0v) is 14.3. The molecule has 2 amide bonds. The highest BCUT2D eigenvalue weighted by molar-refractivity contribution is 6.31. The van der Waals surface area contributed by atoms with Crippen molar-refractivity contribution in [1.29, 1.82) is 0 Å². The minimum atomic E-state index is -0.578. The van der Waals surface area contributed by atoms with E-state index in [9.17, 15) is 14.0 Å². The van der Waals surface area contributed by atoms with Crippen LogP contribution in [0.25, 0.3) is 11.0 Å². The molecule has 0 aliphatic heterocycles. The van der Waals surface area contributed by atoms with E-state index < -0.39 is 11.7 Å². The van der Waals surface area contributed by atoms with Gasteiger partial charge < -0.3 is 15.1 Å². The van der Waals surface area contributed by atoms with E-state index in [0.29, 0.717) is 22.3 Å². The van der Waals surface area contributed by atoms with E-state index in [4.69, 9.17) is 16.0 Å². The van der Waals surface area contributed by atoms with Crippen LogP contribution in [-0.2, 0) is 4.79 Å². The molecule has 2 aromatic carbocycles. The lowest BCUT2D eigenvalue weighted by Gasteiger charge is -2.07. The minimum Gasteiger partial charge on any atom is -0.449 e. The zero-order chi connectivity index (χ0) is 18.3. The first-order valence-electron chi connectivity index (χ1n) is 8.12. The summed E-state index contributed by atoms with van der Waals surface area (Å²) in [4.78, 5) is 24.9. The van der Waals surface area contributed by atoms with Gasteiger partial charge in [0, 0.05) is 17.0 Å². The Kier molecular flexibility index (Phi) is 4.12. The van der Waals surface area contributed by atoms with Crippen LogP contribution in [0.4, 0.5) is 15.8 Å². The van der Waals surface area contributed by atoms with Crippen LogP contribution in [0, 0.1) is 11.7 Å². The molecule has 4 rings (SSSR count). The monoisotopic (exact) mass is 372 g/mol. The average molecular weight is 373 g/mol. The second-order valence-electron chi connectivity index (χ2n) is 6.15. The van der Waals surface area contributed by atoms with Crippen LogP contribution in [0.15, 0.2) is 46.9 Å². The van der Waals surface area contributed by atoms with E-state index >= 15 is 0 Å². The fraction of sp³-hybridized carbons (Fsp3) is 0.158. The van der Waals surface area contributed by atoms with E-state index in [1.165, 1.54) is 12.1 Å². The first kappa shape index (κ1) is 16.6. The predicted molar refractivity (Wildman–Crippen MR) is 96.9 cm³/mol. The maximum atomic E-state index is 13.3. The maximum absolute atomic E-state index is 13.3. The van der Waals surface area contributed by atoms with Crippen LogP contribution < -0.4 is 10.6 Å². The third-order valence-corrected chi connectivity index (χ3v) is 4.47. The second kappa shape index (κ2) is 6.46. The van der Waals surface area contributed by atoms with Gasteiger partial charge in [0.25, 0.3) is 5.91 Å². The summed E-state index contributed by atoms with van der Waals surface area (Å²) in [5.74, 6) is -1.30. The fourth-order valence-corrected chi connectivity index (χ4v) is 2.84. The first-order chi connectivity index (χ1) is 12.5. The van der Waals surface area contributed by atoms with Gasteiger partial charge in [0.1, 0.15) is 17.1 Å². The second-order valence-corrected chi connectivity index (χ2v) is 6.56. The molecule has 0 bridgehead atoms. The molecule has 1 aliphatic rings. The molecule has 3 aromatic rings. The number of nitrogens with one attached hydrogen (secondary N) is 2. The van der Waals surface area contributed by atoms with Crippen LogP contribution in [0.1, 0.15) is 23.4 Å². The number of rotatable bonds is 4. The maximum Gasteiger partial charge on any atom is 0.293 e. The number of furan rings is 1. The van der Waals surface area contributed by atoms with E-state index in [-0.39, 0.29) is 22.6 Å². The number of benzene rings is 2. The van der Waals surface area contributed by atoms with Crippen molar-refractivity contribution in [2.24, 2.45) is 5.92 Å². The van der Waals surface area contributed by atoms with Gasteiger partial charge in [-0.15, -0.1) is 0 Å². The third kappa shape index (κ3) is 3.15. The van der Waals surface area contributed by atoms with E-state index in [1.54, 1.807) is 24.3 Å². The van der Waals surface area contributed by atoms with Gasteiger partial charge in [-0.25, -0.2) is 4.39 Å². The predicted octanol–water partition coefficient (Wildman–Crippen LogP) is 4.83. The van der Waals surface area contributed by atoms with Crippen LogP contribution in [-0.4, -0.2) is 11.8 Å². The molecule has 1 aromatic heterocycles. The summed E-state index contributed by atoms with van der Waals surface area (Å²) in [6.07, 6.45) is 1.69. The minimum absolute atomic E-state index is 0.0133. The van der Waals surface area contributed by atoms with Crippen molar-refractivity contribution in [2.45, 2.75) is 12.8 Å². The van der Waals surface area contributed by atoms with Gasteiger partial charge in [0.2, 0.25) is 11.7 Å². The van der Waals surface area contributed by atoms with Crippen molar-refractivity contribution in [1.82, 2.24) is 0 Å². The normalized spacial score (nSPS) is 13.6. The number of hydrogen-bond acceptors (Lipinski definition) is 3. The largest absolute Gasteiger partial charge is 0.449 e. The Hall–Kier alpha value is -2.86. The van der Waals surface area contributed by atoms with E-state index in [2.05, 4.69) is 10.6 Å². The van der Waals surface area contributed by atoms with Crippen molar-refractivity contribution in [3.63, 3.8) is 0 Å². The van der Waals surface area contributed by atoms with Crippen molar-refractivity contribution in [3.8, 4) is 0 Å². The standard InChI is InChI=1S/C19H14ClFN2O3/c20-13-9-11(7-8-14(13)21)22-19(25)17-16(23-18(24)10-5-6-10)12-3-1-2-4-15(12)26-17/h1-4,7-10H,5-6H2,(H,22,25)(H,23,24). The van der Waals surface area contributed by atoms with Crippen molar-refractivity contribution in [2.75, 3.05) is 10.6 Å². The number of fused-ring (bicyclic) bond motifs is 1. The molecule has 26 heavy (non-hydrogen) atoms. The van der Waals surface area contributed by atoms with Gasteiger partial charge in [0.15, 0.2) is 0 Å². The number of carbonyl (C=O) groups is 2. The van der Waals surface area contributed by atoms with Gasteiger partial charge in [-0.2, -0.15) is 0 Å². The number of hydrogen-bond donors (Lipinski definition) is 2. The first-order valence-corrected chi connectivity index (χ1v) is 8.49. The molecule has 0 spiro atoms. The third-order valence-electron chi connectivity index (χ3n) is 4.18. The Balaban J connectivity index is 1.68. The molecule has 0 radical (unpaired) electrons. The molecule has 0 atom stereocenters. The molecule has 7 heteroatoms. The Morgan fingerprint density at radius 1 is 1.12 bits per heavy atom. The number of amides is 2. The molecule has 1 fully saturated rings. The Morgan fingerprint density at radius 3 is 2.62 bits per heavy atom. The van der Waals surface area contributed by atoms with Gasteiger partial charge >= 0.3 is 0 Å². The van der Waals surface area contributed by atoms with Gasteiger partial charge in [-0.05, 0) is 43.2 Å². The van der Waals surface area contributed by atoms with Gasteiger partial charge in [-0.1, -0.05) is 23.7 Å². The van der Waals surface area contributed by atoms with Crippen LogP contribution in [0.2, 0.25) is 5.02 Å². The lowest BCUT2D eigenvalue weighted by Crippen LogP contribution is -2.18. The van der Waals surface area contributed by atoms with Crippen molar-refractivity contribution < 1.29 is 18.4 Å². The highest BCUT2D eigenvalue weighted by Crippen LogP contribution is 2.35. The molecule has 0 unspecified atom stereocenters. The molecule has 132 valence electrons. The zero-order valence-electron chi connectivity index (χ0n) is 13.5. The van der Waals surface area contributed by atoms with Crippen molar-refractivity contribution >= 4 is 45.8 Å². The summed E-state index contributed by atoms with van der Waals surface area (Å²) in [5.41, 5.74) is 1.14. The van der Waals surface area contributed by atoms with Crippen LogP contribution in [0.3, 0.4) is 0 Å². The van der Waals surface area contributed by atoms with Crippen LogP contribution in [0.5, 0.6) is 0 Å². The molecular formula is C19H14ClFN2O3. The summed E-state index contributed by atoms with van der Waals surface area (Å²) < 4.78 is 18.9. The highest BCUT2D eigenvalue weighted by Gasteiger charge is 2.32. The number of carbonyl (C=O) groups excluding carboxylic acids is 2. The Bertz CT molecular complexity index is 1030. The molecule has 2 N–H and O–H groups in total. The average Bonchev–Trinajstić information content (AvgIpc) is 3.41. The molecule has 5 nitrogen and oxygen atoms in total. The lowest BCUT2D eigenvalue weighted by atomic mass is 10.2. The molecule has 1 aliphatic carbocycles. The summed E-state index contributed by atoms with van der Waals surface area (Å²) in [5, 5.41) is 5.95. The molecular weight excluding hydrogens is 359 g/mol. The number of anilines is 2. The fourth-order valence-electron chi connectivity index (χ4n) is 2.66. The smallest absolute Gasteiger partial charge is 0.293 e. The molecule has 0 saturated heterocycles. The quantitative estimate of drug-likeness (QED) is 0.689. The van der Waals surface area contributed by atoms with E-state index in [1.807, 2.05) is 0 Å². The summed E-state index contributed by atoms with van der Waals surface area (Å²) in [7, 11) is 0. The Labute approximate surface area is 153 Å². The summed E-state index contributed by atoms with van der Waals surface area (Å²) >= 11 is 5.74. The summed E-state index contributed by atoms with van der Waals surface area (Å²) in [6.45, 7) is 0. The summed E-state index contributed by atoms with van der Waals surface area (Å²) in [6, 6.07) is 10.9. The van der Waals surface area contributed by atoms with Crippen molar-refractivity contribution in [3.05, 3.63) is 59.1 Å². The van der Waals surface area contributed by atoms with E-state index in [0.717, 1.165) is 18.9 Å². The van der Waals surface area contributed by atoms with Gasteiger partial charge in [0.05, 0.1) is 5.02 Å². The lowest BCUT2D eigenvalue weighted by molar-refractivity contribution is -0.117. The molecule has 1 saturated carbocycles. The SMILES string of the molecule is O=C(Nc1ccc(F)c(Cl)c1)c1oc2ccccc2c1NC(=O)C1CC1. The van der Waals surface area contributed by atoms with Gasteiger partial charge in [-0.3, -0.25) is 9.59 Å². The molecule has 1 heterocycles. The highest BCUT2D eigenvalue weighted by atomic mass is 35.5. The number of para-hydroxylation sites is 1. The topological polar surface area (TPSA) is 71.3 Å². The number of halogens is 2. The van der Waals surface area contributed by atoms with Crippen LogP contribution >= 0.6 is 11.6 Å².